The first-order valence-corrected chi connectivity index (χ1v) is 7.69. The van der Waals surface area contributed by atoms with Crippen molar-refractivity contribution in [1.82, 2.24) is 9.80 Å². The zero-order valence-electron chi connectivity index (χ0n) is 13.7. The number of rotatable bonds is 6. The number of nitrogens with two attached hydrogens (primary N) is 1. The first kappa shape index (κ1) is 20.6. The van der Waals surface area contributed by atoms with E-state index in [2.05, 4.69) is 9.64 Å². The first-order chi connectivity index (χ1) is 10.9. The SMILES string of the molecule is CN(Cc1ccc(OC(F)F)cc1)C(=O)CN1CCC(N)CC1.Cl. The van der Waals surface area contributed by atoms with Gasteiger partial charge in [-0.25, -0.2) is 0 Å². The molecule has 1 saturated heterocycles. The van der Waals surface area contributed by atoms with Crippen LogP contribution in [0.3, 0.4) is 0 Å². The van der Waals surface area contributed by atoms with Crippen molar-refractivity contribution in [2.24, 2.45) is 5.73 Å². The maximum Gasteiger partial charge on any atom is 0.387 e. The fourth-order valence-electron chi connectivity index (χ4n) is 2.56. The highest BCUT2D eigenvalue weighted by Crippen LogP contribution is 2.16. The molecule has 5 nitrogen and oxygen atoms in total. The minimum Gasteiger partial charge on any atom is -0.435 e. The van der Waals surface area contributed by atoms with Crippen molar-refractivity contribution in [3.05, 3.63) is 29.8 Å². The molecule has 0 unspecified atom stereocenters. The minimum absolute atomic E-state index is 0. The van der Waals surface area contributed by atoms with E-state index in [1.165, 1.54) is 12.1 Å². The molecule has 1 aliphatic rings. The molecule has 1 aromatic carbocycles. The van der Waals surface area contributed by atoms with E-state index in [1.807, 2.05) is 0 Å². The Morgan fingerprint density at radius 2 is 1.92 bits per heavy atom. The van der Waals surface area contributed by atoms with Gasteiger partial charge in [0.05, 0.1) is 6.54 Å². The summed E-state index contributed by atoms with van der Waals surface area (Å²) in [6, 6.07) is 6.56. The number of hydrogen-bond donors (Lipinski definition) is 1. The highest BCUT2D eigenvalue weighted by Gasteiger charge is 2.20. The van der Waals surface area contributed by atoms with Gasteiger partial charge in [-0.15, -0.1) is 12.4 Å². The molecule has 136 valence electrons. The number of piperidine rings is 1. The van der Waals surface area contributed by atoms with E-state index < -0.39 is 6.61 Å². The third kappa shape index (κ3) is 6.59. The number of hydrogen-bond acceptors (Lipinski definition) is 4. The van der Waals surface area contributed by atoms with Crippen LogP contribution in [0.1, 0.15) is 18.4 Å². The molecule has 8 heteroatoms. The summed E-state index contributed by atoms with van der Waals surface area (Å²) in [4.78, 5) is 16.0. The number of amides is 1. The van der Waals surface area contributed by atoms with Crippen molar-refractivity contribution in [2.75, 3.05) is 26.7 Å². The largest absolute Gasteiger partial charge is 0.435 e. The van der Waals surface area contributed by atoms with Gasteiger partial charge in [0.15, 0.2) is 0 Å². The Labute approximate surface area is 147 Å². The van der Waals surface area contributed by atoms with E-state index in [4.69, 9.17) is 5.73 Å². The maximum absolute atomic E-state index is 12.2. The molecule has 0 radical (unpaired) electrons. The van der Waals surface area contributed by atoms with Crippen LogP contribution in [0.15, 0.2) is 24.3 Å². The Kier molecular flexibility index (Phi) is 8.38. The van der Waals surface area contributed by atoms with Gasteiger partial charge < -0.3 is 15.4 Å². The van der Waals surface area contributed by atoms with Crippen molar-refractivity contribution in [1.29, 1.82) is 0 Å². The summed E-state index contributed by atoms with van der Waals surface area (Å²) in [6.45, 7) is -0.319. The second-order valence-corrected chi connectivity index (χ2v) is 5.89. The number of carbonyl (C=O) groups is 1. The molecule has 0 aliphatic carbocycles. The van der Waals surface area contributed by atoms with Gasteiger partial charge in [-0.3, -0.25) is 9.69 Å². The third-order valence-electron chi connectivity index (χ3n) is 3.99. The quantitative estimate of drug-likeness (QED) is 0.840. The zero-order valence-corrected chi connectivity index (χ0v) is 14.5. The molecule has 0 bridgehead atoms. The molecule has 1 amide bonds. The predicted molar refractivity (Wildman–Crippen MR) is 90.4 cm³/mol. The van der Waals surface area contributed by atoms with Crippen molar-refractivity contribution in [2.45, 2.75) is 32.0 Å². The number of benzene rings is 1. The Hall–Kier alpha value is -1.44. The summed E-state index contributed by atoms with van der Waals surface area (Å²) in [5.41, 5.74) is 6.72. The van der Waals surface area contributed by atoms with Gasteiger partial charge >= 0.3 is 6.61 Å². The molecule has 0 saturated carbocycles. The lowest BCUT2D eigenvalue weighted by molar-refractivity contribution is -0.131. The standard InChI is InChI=1S/C16H23F2N3O2.ClH/c1-20(15(22)11-21-8-6-13(19)7-9-21)10-12-2-4-14(5-3-12)23-16(17)18;/h2-5,13,16H,6-11,19H2,1H3;1H. The second kappa shape index (κ2) is 9.76. The number of carbonyl (C=O) groups excluding carboxylic acids is 1. The first-order valence-electron chi connectivity index (χ1n) is 7.69. The molecule has 2 rings (SSSR count). The topological polar surface area (TPSA) is 58.8 Å². The van der Waals surface area contributed by atoms with E-state index in [9.17, 15) is 13.6 Å². The van der Waals surface area contributed by atoms with Crippen LogP contribution >= 0.6 is 12.4 Å². The number of alkyl halides is 2. The van der Waals surface area contributed by atoms with Crippen LogP contribution < -0.4 is 10.5 Å². The summed E-state index contributed by atoms with van der Waals surface area (Å²) in [5, 5.41) is 0. The van der Waals surface area contributed by atoms with Gasteiger partial charge in [-0.2, -0.15) is 8.78 Å². The van der Waals surface area contributed by atoms with Gasteiger partial charge in [0.2, 0.25) is 5.91 Å². The van der Waals surface area contributed by atoms with Crippen molar-refractivity contribution < 1.29 is 18.3 Å². The Morgan fingerprint density at radius 3 is 2.46 bits per heavy atom. The summed E-state index contributed by atoms with van der Waals surface area (Å²) < 4.78 is 28.5. The molecule has 0 spiro atoms. The number of likely N-dealkylation sites (tertiary alicyclic amines) is 1. The van der Waals surface area contributed by atoms with Gasteiger partial charge in [-0.1, -0.05) is 12.1 Å². The number of halogens is 3. The van der Waals surface area contributed by atoms with E-state index in [0.29, 0.717) is 13.1 Å². The summed E-state index contributed by atoms with van der Waals surface area (Å²) in [6.07, 6.45) is 1.84. The summed E-state index contributed by atoms with van der Waals surface area (Å²) >= 11 is 0. The minimum atomic E-state index is -2.83. The van der Waals surface area contributed by atoms with E-state index in [0.717, 1.165) is 31.5 Å². The molecule has 0 aromatic heterocycles. The number of likely N-dealkylation sites (N-methyl/N-ethyl adjacent to an activating group) is 1. The van der Waals surface area contributed by atoms with Crippen LogP contribution in [0, 0.1) is 0 Å². The Balaban J connectivity index is 0.00000288. The van der Waals surface area contributed by atoms with Gasteiger partial charge in [0, 0.05) is 32.7 Å². The lowest BCUT2D eigenvalue weighted by atomic mass is 10.1. The lowest BCUT2D eigenvalue weighted by Gasteiger charge is -2.30. The second-order valence-electron chi connectivity index (χ2n) is 5.89. The van der Waals surface area contributed by atoms with Crippen LogP contribution in [0.2, 0.25) is 0 Å². The average Bonchev–Trinajstić information content (AvgIpc) is 2.51. The van der Waals surface area contributed by atoms with E-state index in [1.54, 1.807) is 24.1 Å². The fraction of sp³-hybridized carbons (Fsp3) is 0.562. The molecule has 1 aliphatic heterocycles. The summed E-state index contributed by atoms with van der Waals surface area (Å²) in [5.74, 6) is 0.149. The van der Waals surface area contributed by atoms with Crippen LogP contribution in [-0.2, 0) is 11.3 Å². The highest BCUT2D eigenvalue weighted by atomic mass is 35.5. The Morgan fingerprint density at radius 1 is 1.33 bits per heavy atom. The van der Waals surface area contributed by atoms with Gasteiger partial charge in [0.25, 0.3) is 0 Å². The molecule has 2 N–H and O–H groups in total. The smallest absolute Gasteiger partial charge is 0.387 e. The molecule has 1 fully saturated rings. The van der Waals surface area contributed by atoms with Gasteiger partial charge in [-0.05, 0) is 30.5 Å². The maximum atomic E-state index is 12.2. The molecular formula is C16H24ClF2N3O2. The third-order valence-corrected chi connectivity index (χ3v) is 3.99. The van der Waals surface area contributed by atoms with E-state index >= 15 is 0 Å². The predicted octanol–water partition coefficient (Wildman–Crippen LogP) is 2.09. The molecule has 1 aromatic rings. The zero-order chi connectivity index (χ0) is 16.8. The summed E-state index contributed by atoms with van der Waals surface area (Å²) in [7, 11) is 1.74. The number of nitrogens with zero attached hydrogens (tertiary/aromatic N) is 2. The monoisotopic (exact) mass is 363 g/mol. The highest BCUT2D eigenvalue weighted by molar-refractivity contribution is 5.85. The molecular weight excluding hydrogens is 340 g/mol. The van der Waals surface area contributed by atoms with Crippen molar-refractivity contribution >= 4 is 18.3 Å². The van der Waals surface area contributed by atoms with Crippen LogP contribution in [0.25, 0.3) is 0 Å². The van der Waals surface area contributed by atoms with Crippen LogP contribution in [0.4, 0.5) is 8.78 Å². The van der Waals surface area contributed by atoms with Crippen LogP contribution in [0.5, 0.6) is 5.75 Å². The van der Waals surface area contributed by atoms with E-state index in [-0.39, 0.29) is 30.1 Å². The Bertz CT molecular complexity index is 509. The average molecular weight is 364 g/mol. The normalized spacial score (nSPS) is 15.9. The molecule has 1 heterocycles. The number of ether oxygens (including phenoxy) is 1. The van der Waals surface area contributed by atoms with Crippen LogP contribution in [-0.4, -0.2) is 55.0 Å². The van der Waals surface area contributed by atoms with Crippen molar-refractivity contribution in [3.63, 3.8) is 0 Å². The molecule has 0 atom stereocenters. The lowest BCUT2D eigenvalue weighted by Crippen LogP contribution is -2.44. The molecule has 24 heavy (non-hydrogen) atoms. The fourth-order valence-corrected chi connectivity index (χ4v) is 2.56. The van der Waals surface area contributed by atoms with Gasteiger partial charge in [0.1, 0.15) is 5.75 Å². The van der Waals surface area contributed by atoms with Crippen molar-refractivity contribution in [3.8, 4) is 5.75 Å².